The summed E-state index contributed by atoms with van der Waals surface area (Å²) in [5, 5.41) is 53.9. The molecular formula is C42H66N6O8. The summed E-state index contributed by atoms with van der Waals surface area (Å²) < 4.78 is 0. The monoisotopic (exact) mass is 782 g/mol. The highest BCUT2D eigenvalue weighted by molar-refractivity contribution is 5.90. The third-order valence-corrected chi connectivity index (χ3v) is 13.9. The number of hydrogen-bond donors (Lipinski definition) is 7. The number of carbonyl (C=O) groups is 4. The molecule has 5 rings (SSSR count). The van der Waals surface area contributed by atoms with E-state index in [-0.39, 0.29) is 49.0 Å². The zero-order chi connectivity index (χ0) is 40.6. The Labute approximate surface area is 331 Å². The van der Waals surface area contributed by atoms with Crippen molar-refractivity contribution in [1.82, 2.24) is 20.0 Å². The summed E-state index contributed by atoms with van der Waals surface area (Å²) in [7, 11) is 0. The van der Waals surface area contributed by atoms with Gasteiger partial charge in [0, 0.05) is 69.7 Å². The van der Waals surface area contributed by atoms with Crippen molar-refractivity contribution in [3.05, 3.63) is 29.8 Å². The van der Waals surface area contributed by atoms with Gasteiger partial charge in [0.1, 0.15) is 0 Å². The molecule has 0 spiro atoms. The number of benzene rings is 1. The van der Waals surface area contributed by atoms with Gasteiger partial charge in [0.25, 0.3) is 0 Å². The van der Waals surface area contributed by atoms with Crippen LogP contribution in [0.4, 0.5) is 5.69 Å². The van der Waals surface area contributed by atoms with Crippen LogP contribution in [0.3, 0.4) is 0 Å². The van der Waals surface area contributed by atoms with Crippen LogP contribution in [0.5, 0.6) is 0 Å². The summed E-state index contributed by atoms with van der Waals surface area (Å²) in [4.78, 5) is 53.4. The highest BCUT2D eigenvalue weighted by atomic mass is 16.4. The molecule has 1 saturated heterocycles. The third-order valence-electron chi connectivity index (χ3n) is 13.9. The molecule has 1 heterocycles. The second-order valence-corrected chi connectivity index (χ2v) is 17.7. The van der Waals surface area contributed by atoms with Crippen molar-refractivity contribution in [2.75, 3.05) is 70.8 Å². The standard InChI is InChI=1S/C42H66N6O8/c1-27(34-9-10-35-41-30(12-13-42(34,35)3)21-31(28(2)43)22-36(41)49)4-11-37(50)45-32-7-5-29(6-8-32)20-33(44-23-38(51)52)24-46-14-16-47(25-39(53)54)18-19-48(17-15-46)26-40(55)56/h5-8,27,30-31,33-36,41,43-44,49H,4,9-26H2,1-3H3,(H,45,50)(H,51,52)(H,53,54)(H,55,56)/t27?,30?,31?,33?,34-,35?,36-,41?,42-/m1/s1. The average molecular weight is 783 g/mol. The molecule has 14 nitrogen and oxygen atoms in total. The van der Waals surface area contributed by atoms with Crippen LogP contribution in [0, 0.1) is 46.3 Å². The molecule has 7 N–H and O–H groups in total. The first-order valence-electron chi connectivity index (χ1n) is 20.8. The van der Waals surface area contributed by atoms with Gasteiger partial charge in [0.05, 0.1) is 25.7 Å². The topological polar surface area (TPSA) is 207 Å². The molecule has 14 heteroatoms. The van der Waals surface area contributed by atoms with E-state index in [0.29, 0.717) is 99.6 Å². The van der Waals surface area contributed by atoms with Gasteiger partial charge in [-0.05, 0) is 117 Å². The number of aliphatic hydroxyl groups is 1. The third kappa shape index (κ3) is 11.8. The van der Waals surface area contributed by atoms with Crippen LogP contribution in [0.1, 0.15) is 77.7 Å². The molecule has 1 aromatic carbocycles. The maximum atomic E-state index is 13.2. The minimum Gasteiger partial charge on any atom is -0.480 e. The van der Waals surface area contributed by atoms with Crippen molar-refractivity contribution < 1.29 is 39.6 Å². The van der Waals surface area contributed by atoms with E-state index in [0.717, 1.165) is 50.5 Å². The van der Waals surface area contributed by atoms with E-state index >= 15 is 0 Å². The molecular weight excluding hydrogens is 716 g/mol. The number of anilines is 1. The highest BCUT2D eigenvalue weighted by Crippen LogP contribution is 2.63. The zero-order valence-corrected chi connectivity index (χ0v) is 33.6. The van der Waals surface area contributed by atoms with Crippen LogP contribution in [0.2, 0.25) is 0 Å². The number of carbonyl (C=O) groups excluding carboxylic acids is 1. The summed E-state index contributed by atoms with van der Waals surface area (Å²) in [6.07, 6.45) is 7.74. The second-order valence-electron chi connectivity index (χ2n) is 17.7. The van der Waals surface area contributed by atoms with Gasteiger partial charge in [0.2, 0.25) is 5.91 Å². The molecule has 1 aromatic rings. The zero-order valence-electron chi connectivity index (χ0n) is 33.6. The molecule has 0 aromatic heterocycles. The van der Waals surface area contributed by atoms with Gasteiger partial charge in [-0.25, -0.2) is 0 Å². The van der Waals surface area contributed by atoms with E-state index in [1.165, 1.54) is 0 Å². The summed E-state index contributed by atoms with van der Waals surface area (Å²) in [6.45, 7) is 9.57. The van der Waals surface area contributed by atoms with Crippen LogP contribution >= 0.6 is 0 Å². The maximum Gasteiger partial charge on any atom is 0.317 e. The number of amides is 1. The van der Waals surface area contributed by atoms with E-state index in [1.54, 1.807) is 9.80 Å². The van der Waals surface area contributed by atoms with E-state index < -0.39 is 17.9 Å². The lowest BCUT2D eigenvalue weighted by Gasteiger charge is -2.54. The molecule has 4 fully saturated rings. The first-order valence-corrected chi connectivity index (χ1v) is 20.8. The normalized spacial score (nSPS) is 30.1. The Kier molecular flexibility index (Phi) is 15.5. The van der Waals surface area contributed by atoms with Crippen LogP contribution in [-0.4, -0.2) is 142 Å². The van der Waals surface area contributed by atoms with Crippen molar-refractivity contribution in [2.45, 2.75) is 90.7 Å². The fourth-order valence-electron chi connectivity index (χ4n) is 11.0. The van der Waals surface area contributed by atoms with E-state index in [1.807, 2.05) is 31.2 Å². The van der Waals surface area contributed by atoms with Crippen LogP contribution in [0.25, 0.3) is 0 Å². The summed E-state index contributed by atoms with van der Waals surface area (Å²) in [6, 6.07) is 7.39. The number of aliphatic carboxylic acids is 3. The average Bonchev–Trinajstić information content (AvgIpc) is 3.52. The molecule has 0 bridgehead atoms. The quantitative estimate of drug-likeness (QED) is 0.113. The minimum atomic E-state index is -0.975. The van der Waals surface area contributed by atoms with Gasteiger partial charge >= 0.3 is 17.9 Å². The van der Waals surface area contributed by atoms with Crippen molar-refractivity contribution in [2.24, 2.45) is 40.9 Å². The Morgan fingerprint density at radius 1 is 0.875 bits per heavy atom. The molecule has 56 heavy (non-hydrogen) atoms. The van der Waals surface area contributed by atoms with Crippen LogP contribution in [0.15, 0.2) is 24.3 Å². The largest absolute Gasteiger partial charge is 0.480 e. The Hall–Kier alpha value is -3.43. The fourth-order valence-corrected chi connectivity index (χ4v) is 11.0. The summed E-state index contributed by atoms with van der Waals surface area (Å²) in [5.41, 5.74) is 2.55. The number of nitrogens with one attached hydrogen (secondary N) is 3. The first-order chi connectivity index (χ1) is 26.6. The Morgan fingerprint density at radius 3 is 2.05 bits per heavy atom. The van der Waals surface area contributed by atoms with Gasteiger partial charge in [0.15, 0.2) is 0 Å². The van der Waals surface area contributed by atoms with Gasteiger partial charge in [-0.3, -0.25) is 33.9 Å². The van der Waals surface area contributed by atoms with E-state index in [2.05, 4.69) is 29.4 Å². The van der Waals surface area contributed by atoms with Gasteiger partial charge < -0.3 is 36.5 Å². The molecule has 0 radical (unpaired) electrons. The predicted octanol–water partition coefficient (Wildman–Crippen LogP) is 3.58. The molecule has 6 unspecified atom stereocenters. The van der Waals surface area contributed by atoms with Crippen molar-refractivity contribution >= 4 is 35.2 Å². The van der Waals surface area contributed by atoms with Crippen molar-refractivity contribution in [3.8, 4) is 0 Å². The second kappa shape index (κ2) is 19.8. The number of hydrogen-bond acceptors (Lipinski definition) is 10. The number of nitrogens with zero attached hydrogens (tertiary/aromatic N) is 3. The molecule has 312 valence electrons. The lowest BCUT2D eigenvalue weighted by molar-refractivity contribution is -0.140. The fraction of sp³-hybridized carbons (Fsp3) is 0.738. The minimum absolute atomic E-state index is 0.0216. The van der Waals surface area contributed by atoms with Crippen LogP contribution < -0.4 is 10.6 Å². The maximum absolute atomic E-state index is 13.2. The summed E-state index contributed by atoms with van der Waals surface area (Å²) >= 11 is 0. The number of aliphatic hydroxyl groups excluding tert-OH is 1. The number of fused-ring (bicyclic) bond motifs is 3. The SMILES string of the molecule is CC(=N)C1CC2CC[C@@]3(C)C(CC[C@@H]3C(C)CCC(=O)Nc3ccc(CC(CN4CCN(CC(=O)O)CCN(CC(=O)O)CC4)NCC(=O)O)cc3)C2[C@H](O)C1. The molecule has 1 aliphatic heterocycles. The highest BCUT2D eigenvalue weighted by Gasteiger charge is 2.57. The van der Waals surface area contributed by atoms with Crippen molar-refractivity contribution in [1.29, 1.82) is 5.41 Å². The summed E-state index contributed by atoms with van der Waals surface area (Å²) in [5.74, 6) is -0.425. The van der Waals surface area contributed by atoms with Crippen LogP contribution in [-0.2, 0) is 25.6 Å². The molecule has 4 aliphatic rings. The number of carboxylic acid groups (broad SMARTS) is 3. The molecule has 3 aliphatic carbocycles. The van der Waals surface area contributed by atoms with Gasteiger partial charge in [-0.2, -0.15) is 0 Å². The molecule has 1 amide bonds. The van der Waals surface area contributed by atoms with Gasteiger partial charge in [-0.15, -0.1) is 0 Å². The molecule has 3 saturated carbocycles. The van der Waals surface area contributed by atoms with E-state index in [4.69, 9.17) is 5.41 Å². The smallest absolute Gasteiger partial charge is 0.317 e. The lowest BCUT2D eigenvalue weighted by atomic mass is 9.52. The van der Waals surface area contributed by atoms with Gasteiger partial charge in [-0.1, -0.05) is 26.0 Å². The Bertz CT molecular complexity index is 1500. The van der Waals surface area contributed by atoms with Crippen molar-refractivity contribution in [3.63, 3.8) is 0 Å². The number of rotatable bonds is 17. The van der Waals surface area contributed by atoms with E-state index in [9.17, 15) is 39.6 Å². The predicted molar refractivity (Wildman–Crippen MR) is 214 cm³/mol. The Balaban J connectivity index is 1.13. The first kappa shape index (κ1) is 43.7. The Morgan fingerprint density at radius 2 is 1.48 bits per heavy atom. The molecule has 9 atom stereocenters. The number of carboxylic acids is 3. The lowest BCUT2D eigenvalue weighted by Crippen LogP contribution is -2.50.